The first-order valence-electron chi connectivity index (χ1n) is 6.53. The molecule has 1 saturated heterocycles. The van der Waals surface area contributed by atoms with Crippen molar-refractivity contribution < 1.29 is 9.90 Å². The lowest BCUT2D eigenvalue weighted by atomic mass is 10.2. The number of nitrogens with zero attached hydrogens (tertiary/aromatic N) is 3. The topological polar surface area (TPSA) is 80.0 Å². The van der Waals surface area contributed by atoms with Crippen molar-refractivity contribution in [1.29, 1.82) is 0 Å². The van der Waals surface area contributed by atoms with Crippen molar-refractivity contribution >= 4 is 5.97 Å². The highest BCUT2D eigenvalue weighted by molar-refractivity contribution is 5.62. The average molecular weight is 274 g/mol. The van der Waals surface area contributed by atoms with Gasteiger partial charge in [-0.05, 0) is 25.1 Å². The van der Waals surface area contributed by atoms with Crippen LogP contribution in [0.2, 0.25) is 0 Å². The molecular formula is C14H18N4O2. The molecule has 0 radical (unpaired) electrons. The van der Waals surface area contributed by atoms with E-state index in [2.05, 4.69) is 19.9 Å². The Morgan fingerprint density at radius 1 is 1.40 bits per heavy atom. The number of hydrogen-bond acceptors (Lipinski definition) is 4. The maximum absolute atomic E-state index is 9.00. The number of carbonyl (C=O) groups is 1. The second-order valence-corrected chi connectivity index (χ2v) is 4.54. The number of aliphatic carboxylic acids is 1. The lowest BCUT2D eigenvalue weighted by molar-refractivity contribution is -0.134. The molecule has 6 nitrogen and oxygen atoms in total. The van der Waals surface area contributed by atoms with Crippen LogP contribution in [0.1, 0.15) is 19.4 Å². The van der Waals surface area contributed by atoms with E-state index in [9.17, 15) is 0 Å². The third-order valence-corrected chi connectivity index (χ3v) is 2.99. The molecule has 2 aromatic heterocycles. The van der Waals surface area contributed by atoms with Crippen LogP contribution < -0.4 is 5.32 Å². The predicted octanol–water partition coefficient (Wildman–Crippen LogP) is 1.57. The van der Waals surface area contributed by atoms with Crippen LogP contribution >= 0.6 is 0 Å². The molecule has 1 unspecified atom stereocenters. The van der Waals surface area contributed by atoms with Crippen LogP contribution in [0.4, 0.5) is 0 Å². The highest BCUT2D eigenvalue weighted by Crippen LogP contribution is 2.22. The van der Waals surface area contributed by atoms with E-state index in [0.29, 0.717) is 6.04 Å². The number of imidazole rings is 1. The molecule has 0 aliphatic carbocycles. The number of pyridine rings is 1. The molecule has 20 heavy (non-hydrogen) atoms. The van der Waals surface area contributed by atoms with Gasteiger partial charge in [0.2, 0.25) is 0 Å². The van der Waals surface area contributed by atoms with Crippen molar-refractivity contribution in [1.82, 2.24) is 19.9 Å². The molecule has 0 amide bonds. The summed E-state index contributed by atoms with van der Waals surface area (Å²) in [5.74, 6) is 0.134. The van der Waals surface area contributed by atoms with E-state index in [1.807, 2.05) is 30.6 Å². The third kappa shape index (κ3) is 3.64. The number of rotatable bonds is 2. The Hall–Kier alpha value is -2.21. The highest BCUT2D eigenvalue weighted by Gasteiger charge is 2.19. The van der Waals surface area contributed by atoms with E-state index in [1.54, 1.807) is 6.20 Å². The van der Waals surface area contributed by atoms with Crippen molar-refractivity contribution in [3.05, 3.63) is 36.8 Å². The smallest absolute Gasteiger partial charge is 0.300 e. The number of carboxylic acid groups (broad SMARTS) is 1. The van der Waals surface area contributed by atoms with Gasteiger partial charge in [-0.25, -0.2) is 4.98 Å². The lowest BCUT2D eigenvalue weighted by Gasteiger charge is -2.13. The molecule has 0 spiro atoms. The number of hydrogen-bond donors (Lipinski definition) is 2. The summed E-state index contributed by atoms with van der Waals surface area (Å²) in [5, 5.41) is 10.8. The second kappa shape index (κ2) is 6.81. The maximum atomic E-state index is 9.00. The molecule has 0 bridgehead atoms. The largest absolute Gasteiger partial charge is 0.481 e. The van der Waals surface area contributed by atoms with Gasteiger partial charge >= 0.3 is 0 Å². The highest BCUT2D eigenvalue weighted by atomic mass is 16.4. The van der Waals surface area contributed by atoms with Gasteiger partial charge in [-0.3, -0.25) is 9.78 Å². The maximum Gasteiger partial charge on any atom is 0.300 e. The molecule has 3 heterocycles. The van der Waals surface area contributed by atoms with E-state index >= 15 is 0 Å². The summed E-state index contributed by atoms with van der Waals surface area (Å²) in [5.41, 5.74) is 0.944. The molecule has 3 rings (SSSR count). The lowest BCUT2D eigenvalue weighted by Crippen LogP contribution is -2.13. The van der Waals surface area contributed by atoms with Crippen LogP contribution in [0.15, 0.2) is 36.8 Å². The van der Waals surface area contributed by atoms with Gasteiger partial charge in [0.25, 0.3) is 5.97 Å². The van der Waals surface area contributed by atoms with Crippen molar-refractivity contribution in [2.45, 2.75) is 19.4 Å². The van der Waals surface area contributed by atoms with Crippen molar-refractivity contribution in [3.8, 4) is 11.5 Å². The number of nitrogens with one attached hydrogen (secondary N) is 1. The first-order valence-corrected chi connectivity index (χ1v) is 6.53. The Balaban J connectivity index is 0.000000328. The van der Waals surface area contributed by atoms with Gasteiger partial charge in [-0.1, -0.05) is 6.07 Å². The predicted molar refractivity (Wildman–Crippen MR) is 75.3 cm³/mol. The van der Waals surface area contributed by atoms with Crippen LogP contribution in [0, 0.1) is 0 Å². The average Bonchev–Trinajstić information content (AvgIpc) is 3.10. The summed E-state index contributed by atoms with van der Waals surface area (Å²) < 4.78 is 2.22. The summed E-state index contributed by atoms with van der Waals surface area (Å²) in [4.78, 5) is 17.8. The monoisotopic (exact) mass is 274 g/mol. The van der Waals surface area contributed by atoms with Crippen molar-refractivity contribution in [2.75, 3.05) is 13.1 Å². The molecule has 1 aliphatic heterocycles. The summed E-state index contributed by atoms with van der Waals surface area (Å²) in [6.07, 6.45) is 6.86. The number of carboxylic acids is 1. The summed E-state index contributed by atoms with van der Waals surface area (Å²) in [6.45, 7) is 3.20. The van der Waals surface area contributed by atoms with Crippen LogP contribution in [0.25, 0.3) is 11.5 Å². The van der Waals surface area contributed by atoms with Crippen LogP contribution in [0.3, 0.4) is 0 Å². The zero-order valence-electron chi connectivity index (χ0n) is 11.4. The SMILES string of the molecule is CC(=O)O.c1ccc(-c2nccn2C2CCNC2)nc1. The summed E-state index contributed by atoms with van der Waals surface area (Å²) in [6, 6.07) is 6.43. The van der Waals surface area contributed by atoms with Gasteiger partial charge in [0, 0.05) is 38.1 Å². The van der Waals surface area contributed by atoms with Crippen molar-refractivity contribution in [2.24, 2.45) is 0 Å². The summed E-state index contributed by atoms with van der Waals surface area (Å²) in [7, 11) is 0. The fraction of sp³-hybridized carbons (Fsp3) is 0.357. The van der Waals surface area contributed by atoms with Gasteiger partial charge in [0.1, 0.15) is 5.69 Å². The fourth-order valence-corrected chi connectivity index (χ4v) is 2.18. The quantitative estimate of drug-likeness (QED) is 0.869. The Morgan fingerprint density at radius 3 is 2.80 bits per heavy atom. The van der Waals surface area contributed by atoms with Gasteiger partial charge < -0.3 is 15.0 Å². The van der Waals surface area contributed by atoms with Crippen molar-refractivity contribution in [3.63, 3.8) is 0 Å². The molecule has 2 N–H and O–H groups in total. The molecular weight excluding hydrogens is 256 g/mol. The second-order valence-electron chi connectivity index (χ2n) is 4.54. The minimum atomic E-state index is -0.833. The Morgan fingerprint density at radius 2 is 2.20 bits per heavy atom. The Bertz CT molecular complexity index is 543. The zero-order chi connectivity index (χ0) is 14.4. The van der Waals surface area contributed by atoms with Crippen LogP contribution in [0.5, 0.6) is 0 Å². The van der Waals surface area contributed by atoms with E-state index < -0.39 is 5.97 Å². The van der Waals surface area contributed by atoms with Gasteiger partial charge in [-0.2, -0.15) is 0 Å². The van der Waals surface area contributed by atoms with Crippen LogP contribution in [-0.4, -0.2) is 38.7 Å². The third-order valence-electron chi connectivity index (χ3n) is 2.99. The van der Waals surface area contributed by atoms with E-state index in [1.165, 1.54) is 0 Å². The van der Waals surface area contributed by atoms with Crippen LogP contribution in [-0.2, 0) is 4.79 Å². The molecule has 0 aromatic carbocycles. The minimum absolute atomic E-state index is 0.513. The van der Waals surface area contributed by atoms with Gasteiger partial charge in [0.15, 0.2) is 5.82 Å². The molecule has 0 saturated carbocycles. The molecule has 1 atom stereocenters. The molecule has 1 aliphatic rings. The van der Waals surface area contributed by atoms with E-state index in [-0.39, 0.29) is 0 Å². The first kappa shape index (κ1) is 14.2. The molecule has 6 heteroatoms. The Kier molecular flexibility index (Phi) is 4.84. The minimum Gasteiger partial charge on any atom is -0.481 e. The van der Waals surface area contributed by atoms with E-state index in [4.69, 9.17) is 9.90 Å². The van der Waals surface area contributed by atoms with Gasteiger partial charge in [0.05, 0.1) is 0 Å². The van der Waals surface area contributed by atoms with Gasteiger partial charge in [-0.15, -0.1) is 0 Å². The summed E-state index contributed by atoms with van der Waals surface area (Å²) >= 11 is 0. The molecule has 2 aromatic rings. The first-order chi connectivity index (χ1) is 9.68. The molecule has 106 valence electrons. The number of aromatic nitrogens is 3. The van der Waals surface area contributed by atoms with E-state index in [0.717, 1.165) is 38.0 Å². The Labute approximate surface area is 117 Å². The standard InChI is InChI=1S/C12H14N4.C2H4O2/c1-2-5-14-11(3-1)12-15-7-8-16(12)10-4-6-13-9-10;1-2(3)4/h1-3,5,7-8,10,13H,4,6,9H2;1H3,(H,3,4). The fourth-order valence-electron chi connectivity index (χ4n) is 2.18. The zero-order valence-corrected chi connectivity index (χ0v) is 11.4. The normalized spacial score (nSPS) is 17.4. The molecule has 1 fully saturated rings.